The minimum absolute atomic E-state index is 0.132. The number of hydrogen-bond acceptors (Lipinski definition) is 5. The van der Waals surface area contributed by atoms with Crippen LogP contribution in [0.2, 0.25) is 0 Å². The normalized spacial score (nSPS) is 12.2. The number of nitrogens with one attached hydrogen (secondary N) is 1. The number of benzene rings is 1. The van der Waals surface area contributed by atoms with E-state index in [1.165, 1.54) is 7.11 Å². The molecule has 0 radical (unpaired) electrons. The quantitative estimate of drug-likeness (QED) is 0.472. The van der Waals surface area contributed by atoms with Crippen molar-refractivity contribution in [2.24, 2.45) is 5.73 Å². The average molecular weight is 254 g/mol. The summed E-state index contributed by atoms with van der Waals surface area (Å²) >= 11 is 0. The third-order valence-corrected chi connectivity index (χ3v) is 2.34. The molecule has 0 spiro atoms. The summed E-state index contributed by atoms with van der Waals surface area (Å²) in [7, 11) is 1.54. The van der Waals surface area contributed by atoms with Crippen LogP contribution in [0.25, 0.3) is 0 Å². The molecule has 0 heterocycles. The molecule has 1 atom stereocenters. The molecule has 0 aliphatic rings. The van der Waals surface area contributed by atoms with Gasteiger partial charge in [-0.1, -0.05) is 11.6 Å². The summed E-state index contributed by atoms with van der Waals surface area (Å²) in [5, 5.41) is 9.98. The Morgan fingerprint density at radius 1 is 1.56 bits per heavy atom. The molecule has 0 aliphatic heterocycles. The van der Waals surface area contributed by atoms with Gasteiger partial charge in [-0.3, -0.25) is 9.63 Å². The molecule has 0 saturated carbocycles. The van der Waals surface area contributed by atoms with Gasteiger partial charge in [0.2, 0.25) is 5.91 Å². The van der Waals surface area contributed by atoms with Gasteiger partial charge in [-0.15, -0.1) is 0 Å². The molecule has 18 heavy (non-hydrogen) atoms. The lowest BCUT2D eigenvalue weighted by Gasteiger charge is -2.15. The van der Waals surface area contributed by atoms with E-state index < -0.39 is 12.0 Å². The zero-order chi connectivity index (χ0) is 13.5. The van der Waals surface area contributed by atoms with E-state index in [2.05, 4.69) is 5.48 Å². The van der Waals surface area contributed by atoms with Crippen molar-refractivity contribution in [3.8, 4) is 5.75 Å². The molecule has 6 heteroatoms. The zero-order valence-electron chi connectivity index (χ0n) is 10.5. The molecular formula is C12H18N2O4. The largest absolute Gasteiger partial charge is 0.496 e. The lowest BCUT2D eigenvalue weighted by atomic mass is 10.1. The van der Waals surface area contributed by atoms with Gasteiger partial charge in [0.1, 0.15) is 12.4 Å². The fourth-order valence-corrected chi connectivity index (χ4v) is 1.48. The second kappa shape index (κ2) is 6.95. The summed E-state index contributed by atoms with van der Waals surface area (Å²) in [6, 6.07) is 5.52. The van der Waals surface area contributed by atoms with Gasteiger partial charge in [-0.05, 0) is 19.1 Å². The number of amides is 1. The van der Waals surface area contributed by atoms with E-state index in [-0.39, 0.29) is 13.2 Å². The van der Waals surface area contributed by atoms with E-state index in [9.17, 15) is 9.90 Å². The first-order valence-electron chi connectivity index (χ1n) is 5.50. The third-order valence-electron chi connectivity index (χ3n) is 2.34. The minimum Gasteiger partial charge on any atom is -0.496 e. The number of rotatable bonds is 7. The van der Waals surface area contributed by atoms with E-state index >= 15 is 0 Å². The van der Waals surface area contributed by atoms with Crippen LogP contribution >= 0.6 is 0 Å². The number of methoxy groups -OCH3 is 1. The summed E-state index contributed by atoms with van der Waals surface area (Å²) in [5.41, 5.74) is 9.06. The van der Waals surface area contributed by atoms with Crippen molar-refractivity contribution in [2.45, 2.75) is 13.0 Å². The van der Waals surface area contributed by atoms with Gasteiger partial charge >= 0.3 is 0 Å². The summed E-state index contributed by atoms with van der Waals surface area (Å²) in [4.78, 5) is 15.2. The lowest BCUT2D eigenvalue weighted by Crippen LogP contribution is -2.28. The molecule has 1 amide bonds. The molecule has 0 fully saturated rings. The van der Waals surface area contributed by atoms with Gasteiger partial charge < -0.3 is 15.6 Å². The van der Waals surface area contributed by atoms with Crippen LogP contribution in [0.3, 0.4) is 0 Å². The summed E-state index contributed by atoms with van der Waals surface area (Å²) in [6.07, 6.45) is -0.798. The van der Waals surface area contributed by atoms with E-state index in [1.807, 2.05) is 19.1 Å². The minimum atomic E-state index is -0.798. The number of hydroxylamine groups is 1. The Balaban J connectivity index is 2.57. The molecule has 0 aromatic heterocycles. The maximum atomic E-state index is 10.4. The van der Waals surface area contributed by atoms with Crippen LogP contribution in [0.5, 0.6) is 5.75 Å². The monoisotopic (exact) mass is 254 g/mol. The van der Waals surface area contributed by atoms with Crippen molar-refractivity contribution in [1.82, 2.24) is 5.48 Å². The predicted octanol–water partition coefficient (Wildman–Crippen LogP) is 0.0435. The predicted molar refractivity (Wildman–Crippen MR) is 65.8 cm³/mol. The first-order chi connectivity index (χ1) is 8.54. The highest BCUT2D eigenvalue weighted by Gasteiger charge is 2.13. The van der Waals surface area contributed by atoms with Crippen molar-refractivity contribution in [1.29, 1.82) is 0 Å². The van der Waals surface area contributed by atoms with Crippen LogP contribution in [0.4, 0.5) is 0 Å². The highest BCUT2D eigenvalue weighted by molar-refractivity contribution is 5.74. The van der Waals surface area contributed by atoms with Crippen LogP contribution in [0.1, 0.15) is 17.2 Å². The van der Waals surface area contributed by atoms with Crippen LogP contribution < -0.4 is 16.0 Å². The van der Waals surface area contributed by atoms with Crippen molar-refractivity contribution in [3.63, 3.8) is 0 Å². The van der Waals surface area contributed by atoms with Crippen LogP contribution in [0.15, 0.2) is 18.2 Å². The maximum absolute atomic E-state index is 10.4. The van der Waals surface area contributed by atoms with Gasteiger partial charge in [0.05, 0.1) is 19.8 Å². The number of nitrogens with two attached hydrogens (primary N) is 1. The third kappa shape index (κ3) is 4.33. The number of aliphatic hydroxyl groups excluding tert-OH is 1. The first-order valence-corrected chi connectivity index (χ1v) is 5.50. The Bertz CT molecular complexity index is 409. The molecule has 0 bridgehead atoms. The topological polar surface area (TPSA) is 93.8 Å². The van der Waals surface area contributed by atoms with E-state index in [0.29, 0.717) is 11.3 Å². The number of ether oxygens (including phenoxy) is 1. The second-order valence-electron chi connectivity index (χ2n) is 3.86. The Hall–Kier alpha value is -1.63. The number of aliphatic hydroxyl groups is 1. The highest BCUT2D eigenvalue weighted by Crippen LogP contribution is 2.25. The van der Waals surface area contributed by atoms with E-state index in [0.717, 1.165) is 5.56 Å². The molecule has 1 rings (SSSR count). The SMILES string of the molecule is COc1ccc(C)cc1C(O)CNOCC(N)=O. The molecule has 0 saturated heterocycles. The summed E-state index contributed by atoms with van der Waals surface area (Å²) in [5.74, 6) is 0.0231. The Labute approximate surface area is 106 Å². The Morgan fingerprint density at radius 3 is 2.89 bits per heavy atom. The summed E-state index contributed by atoms with van der Waals surface area (Å²) in [6.45, 7) is 1.82. The molecular weight excluding hydrogens is 236 g/mol. The van der Waals surface area contributed by atoms with Gasteiger partial charge in [-0.25, -0.2) is 0 Å². The fraction of sp³-hybridized carbons (Fsp3) is 0.417. The van der Waals surface area contributed by atoms with Crippen molar-refractivity contribution >= 4 is 5.91 Å². The molecule has 1 aromatic carbocycles. The average Bonchev–Trinajstić information content (AvgIpc) is 2.34. The first kappa shape index (κ1) is 14.4. The fourth-order valence-electron chi connectivity index (χ4n) is 1.48. The number of carbonyl (C=O) groups excluding carboxylic acids is 1. The molecule has 100 valence electrons. The van der Waals surface area contributed by atoms with Crippen LogP contribution in [-0.2, 0) is 9.63 Å². The molecule has 1 aromatic rings. The maximum Gasteiger partial charge on any atom is 0.245 e. The molecule has 4 N–H and O–H groups in total. The van der Waals surface area contributed by atoms with Gasteiger partial charge in [0.15, 0.2) is 0 Å². The second-order valence-corrected chi connectivity index (χ2v) is 3.86. The lowest BCUT2D eigenvalue weighted by molar-refractivity contribution is -0.125. The van der Waals surface area contributed by atoms with Crippen LogP contribution in [-0.4, -0.2) is 31.3 Å². The van der Waals surface area contributed by atoms with Crippen molar-refractivity contribution in [3.05, 3.63) is 29.3 Å². The Kier molecular flexibility index (Phi) is 5.57. The number of hydrogen-bond donors (Lipinski definition) is 3. The van der Waals surface area contributed by atoms with E-state index in [4.69, 9.17) is 15.3 Å². The van der Waals surface area contributed by atoms with E-state index in [1.54, 1.807) is 6.07 Å². The van der Waals surface area contributed by atoms with Crippen molar-refractivity contribution in [2.75, 3.05) is 20.3 Å². The van der Waals surface area contributed by atoms with Gasteiger partial charge in [0, 0.05) is 5.56 Å². The molecule has 1 unspecified atom stereocenters. The number of carbonyl (C=O) groups is 1. The Morgan fingerprint density at radius 2 is 2.28 bits per heavy atom. The standard InChI is InChI=1S/C12H18N2O4/c1-8-3-4-11(17-2)9(5-8)10(15)6-14-18-7-12(13)16/h3-5,10,14-15H,6-7H2,1-2H3,(H2,13,16). The number of aryl methyl sites for hydroxylation is 1. The smallest absolute Gasteiger partial charge is 0.245 e. The van der Waals surface area contributed by atoms with Gasteiger partial charge in [-0.2, -0.15) is 5.48 Å². The zero-order valence-corrected chi connectivity index (χ0v) is 10.5. The highest BCUT2D eigenvalue weighted by atomic mass is 16.6. The molecule has 6 nitrogen and oxygen atoms in total. The van der Waals surface area contributed by atoms with Crippen molar-refractivity contribution < 1.29 is 19.5 Å². The molecule has 0 aliphatic carbocycles. The number of primary amides is 1. The van der Waals surface area contributed by atoms with Crippen LogP contribution in [0, 0.1) is 6.92 Å². The summed E-state index contributed by atoms with van der Waals surface area (Å²) < 4.78 is 5.16. The van der Waals surface area contributed by atoms with Gasteiger partial charge in [0.25, 0.3) is 0 Å².